The van der Waals surface area contributed by atoms with E-state index < -0.39 is 29.1 Å². The molecule has 2 amide bonds. The lowest BCUT2D eigenvalue weighted by Crippen LogP contribution is -2.36. The molecular formula is C20H19BN2O6S. The summed E-state index contributed by atoms with van der Waals surface area (Å²) >= 11 is 0. The first kappa shape index (κ1) is 19.1. The monoisotopic (exact) mass is 426 g/mol. The molecule has 1 heterocycles. The van der Waals surface area contributed by atoms with Gasteiger partial charge in [0.1, 0.15) is 0 Å². The van der Waals surface area contributed by atoms with Crippen molar-refractivity contribution in [3.8, 4) is 0 Å². The molecule has 3 N–H and O–H groups in total. The predicted molar refractivity (Wildman–Crippen MR) is 109 cm³/mol. The van der Waals surface area contributed by atoms with Gasteiger partial charge in [0.15, 0.2) is 0 Å². The number of hydrogen-bond donors (Lipinski definition) is 3. The Labute approximate surface area is 173 Å². The third-order valence-electron chi connectivity index (χ3n) is 5.98. The fourth-order valence-electron chi connectivity index (χ4n) is 4.61. The number of aryl methyl sites for hydroxylation is 2. The maximum Gasteiger partial charge on any atom is 0.563 e. The Balaban J connectivity index is 1.41. The molecule has 2 aliphatic carbocycles. The van der Waals surface area contributed by atoms with E-state index in [0.29, 0.717) is 0 Å². The fourth-order valence-corrected chi connectivity index (χ4v) is 5.56. The Hall–Kier alpha value is -2.85. The average molecular weight is 426 g/mol. The molecule has 0 atom stereocenters. The average Bonchev–Trinajstić information content (AvgIpc) is 3.41. The first-order chi connectivity index (χ1) is 14.3. The smallest absolute Gasteiger partial charge is 0.502 e. The molecule has 8 nitrogen and oxygen atoms in total. The zero-order valence-electron chi connectivity index (χ0n) is 16.0. The van der Waals surface area contributed by atoms with Crippen molar-refractivity contribution in [1.82, 2.24) is 4.72 Å². The van der Waals surface area contributed by atoms with Crippen LogP contribution in [0.1, 0.15) is 45.5 Å². The van der Waals surface area contributed by atoms with Crippen molar-refractivity contribution in [2.24, 2.45) is 0 Å². The second-order valence-electron chi connectivity index (χ2n) is 7.80. The number of carbonyl (C=O) groups is 2. The number of benzene rings is 2. The van der Waals surface area contributed by atoms with Crippen LogP contribution in [-0.2, 0) is 40.4 Å². The third kappa shape index (κ3) is 3.07. The summed E-state index contributed by atoms with van der Waals surface area (Å²) in [7, 11) is -5.73. The summed E-state index contributed by atoms with van der Waals surface area (Å²) in [6, 6.07) is 4.99. The summed E-state index contributed by atoms with van der Waals surface area (Å²) in [4.78, 5) is 24.0. The van der Waals surface area contributed by atoms with Gasteiger partial charge in [-0.3, -0.25) is 0 Å². The van der Waals surface area contributed by atoms with Gasteiger partial charge in [0.2, 0.25) is 0 Å². The van der Waals surface area contributed by atoms with Crippen LogP contribution in [0.25, 0.3) is 0 Å². The van der Waals surface area contributed by atoms with Gasteiger partial charge in [0.05, 0.1) is 10.5 Å². The maximum absolute atomic E-state index is 12.7. The molecule has 3 aliphatic rings. The number of anilines is 1. The van der Waals surface area contributed by atoms with E-state index in [1.54, 1.807) is 0 Å². The highest BCUT2D eigenvalue weighted by Crippen LogP contribution is 2.38. The van der Waals surface area contributed by atoms with E-state index in [1.807, 2.05) is 4.72 Å². The van der Waals surface area contributed by atoms with Gasteiger partial charge in [0, 0.05) is 11.2 Å². The van der Waals surface area contributed by atoms with Crippen LogP contribution >= 0.6 is 0 Å². The van der Waals surface area contributed by atoms with Gasteiger partial charge in [-0.1, -0.05) is 6.07 Å². The number of urea groups is 1. The highest BCUT2D eigenvalue weighted by Gasteiger charge is 2.36. The molecule has 30 heavy (non-hydrogen) atoms. The van der Waals surface area contributed by atoms with E-state index in [4.69, 9.17) is 0 Å². The van der Waals surface area contributed by atoms with Gasteiger partial charge in [-0.2, -0.15) is 0 Å². The van der Waals surface area contributed by atoms with Crippen LogP contribution < -0.4 is 15.5 Å². The fraction of sp³-hybridized carbons (Fsp3) is 0.300. The number of nitrogens with one attached hydrogen (secondary N) is 2. The number of amides is 2. The first-order valence-electron chi connectivity index (χ1n) is 9.87. The van der Waals surface area contributed by atoms with Gasteiger partial charge in [-0.05, 0) is 79.0 Å². The van der Waals surface area contributed by atoms with Crippen molar-refractivity contribution in [3.05, 3.63) is 52.1 Å². The van der Waals surface area contributed by atoms with Crippen molar-refractivity contribution in [2.75, 3.05) is 5.32 Å². The summed E-state index contributed by atoms with van der Waals surface area (Å²) in [5, 5.41) is 12.5. The van der Waals surface area contributed by atoms with Gasteiger partial charge >= 0.3 is 19.1 Å². The minimum atomic E-state index is -4.21. The molecular weight excluding hydrogens is 407 g/mol. The van der Waals surface area contributed by atoms with Crippen LogP contribution in [0.4, 0.5) is 10.5 Å². The minimum Gasteiger partial charge on any atom is -0.502 e. The van der Waals surface area contributed by atoms with Crippen LogP contribution in [0.3, 0.4) is 0 Å². The predicted octanol–water partition coefficient (Wildman–Crippen LogP) is 1.03. The van der Waals surface area contributed by atoms with Crippen molar-refractivity contribution >= 4 is 40.3 Å². The molecule has 0 bridgehead atoms. The highest BCUT2D eigenvalue weighted by molar-refractivity contribution is 7.90. The van der Waals surface area contributed by atoms with Crippen LogP contribution in [0.15, 0.2) is 29.2 Å². The Morgan fingerprint density at radius 1 is 1.03 bits per heavy atom. The molecule has 0 radical (unpaired) electrons. The third-order valence-corrected chi connectivity index (χ3v) is 7.31. The van der Waals surface area contributed by atoms with E-state index in [1.165, 1.54) is 23.3 Å². The molecule has 0 unspecified atom stereocenters. The molecule has 2 aromatic carbocycles. The van der Waals surface area contributed by atoms with Crippen molar-refractivity contribution in [2.45, 2.75) is 43.4 Å². The number of hydrogen-bond acceptors (Lipinski definition) is 6. The quantitative estimate of drug-likeness (QED) is 0.631. The van der Waals surface area contributed by atoms with Crippen molar-refractivity contribution in [1.29, 1.82) is 0 Å². The van der Waals surface area contributed by atoms with Gasteiger partial charge < -0.3 is 15.0 Å². The number of carbonyl (C=O) groups excluding carboxylic acids is 2. The zero-order chi connectivity index (χ0) is 21.0. The summed E-state index contributed by atoms with van der Waals surface area (Å²) < 4.78 is 32.1. The number of rotatable bonds is 3. The molecule has 5 rings (SSSR count). The lowest BCUT2D eigenvalue weighted by molar-refractivity contribution is 0.0728. The van der Waals surface area contributed by atoms with Crippen molar-refractivity contribution < 1.29 is 27.7 Å². The van der Waals surface area contributed by atoms with E-state index in [0.717, 1.165) is 61.4 Å². The lowest BCUT2D eigenvalue weighted by Gasteiger charge is -2.16. The zero-order valence-corrected chi connectivity index (χ0v) is 16.8. The van der Waals surface area contributed by atoms with Gasteiger partial charge in [-0.15, -0.1) is 0 Å². The van der Waals surface area contributed by atoms with E-state index in [2.05, 4.69) is 16.0 Å². The Bertz CT molecular complexity index is 1180. The molecule has 0 aromatic heterocycles. The Morgan fingerprint density at radius 2 is 1.70 bits per heavy atom. The molecule has 0 saturated heterocycles. The Kier molecular flexibility index (Phi) is 4.37. The molecule has 1 aliphatic heterocycles. The standard InChI is InChI=1S/C20H19BN2O6S/c24-19-16-8-7-13(10-17(16)21(26)29-19)30(27,28)23-20(25)22-18-14-5-1-3-11(14)9-12-4-2-6-15(12)18/h7-10,26H,1-6H2,(H2,22,23,25). The van der Waals surface area contributed by atoms with Crippen LogP contribution in [-0.4, -0.2) is 32.6 Å². The van der Waals surface area contributed by atoms with E-state index in [9.17, 15) is 23.0 Å². The molecule has 2 aromatic rings. The topological polar surface area (TPSA) is 122 Å². The summed E-state index contributed by atoms with van der Waals surface area (Å²) in [5.74, 6) is -0.723. The molecule has 0 fully saturated rings. The Morgan fingerprint density at radius 3 is 2.37 bits per heavy atom. The molecule has 0 spiro atoms. The first-order valence-corrected chi connectivity index (χ1v) is 11.3. The van der Waals surface area contributed by atoms with E-state index in [-0.39, 0.29) is 15.9 Å². The highest BCUT2D eigenvalue weighted by atomic mass is 32.2. The van der Waals surface area contributed by atoms with E-state index >= 15 is 0 Å². The number of fused-ring (bicyclic) bond motifs is 3. The normalized spacial score (nSPS) is 16.7. The van der Waals surface area contributed by atoms with Crippen LogP contribution in [0.2, 0.25) is 0 Å². The van der Waals surface area contributed by atoms with Gasteiger partial charge in [-0.25, -0.2) is 22.7 Å². The minimum absolute atomic E-state index is 0.0574. The number of sulfonamides is 1. The van der Waals surface area contributed by atoms with Crippen molar-refractivity contribution in [3.63, 3.8) is 0 Å². The maximum atomic E-state index is 12.7. The molecule has 0 saturated carbocycles. The summed E-state index contributed by atoms with van der Waals surface area (Å²) in [6.07, 6.45) is 5.70. The summed E-state index contributed by atoms with van der Waals surface area (Å²) in [5.41, 5.74) is 5.55. The molecule has 10 heteroatoms. The largest absolute Gasteiger partial charge is 0.563 e. The second-order valence-corrected chi connectivity index (χ2v) is 9.48. The van der Waals surface area contributed by atoms with Crippen LogP contribution in [0.5, 0.6) is 0 Å². The van der Waals surface area contributed by atoms with Gasteiger partial charge in [0.25, 0.3) is 10.0 Å². The summed E-state index contributed by atoms with van der Waals surface area (Å²) in [6.45, 7) is 0. The lowest BCUT2D eigenvalue weighted by atomic mass is 9.80. The molecule has 154 valence electrons. The SMILES string of the molecule is O=C(Nc1c2c(cc3c1CCC3)CCC2)NS(=O)(=O)c1ccc2c(c1)B(O)OC2=O. The van der Waals surface area contributed by atoms with Crippen LogP contribution in [0, 0.1) is 0 Å². The second kappa shape index (κ2) is 6.85.